The Balaban J connectivity index is 1.68. The van der Waals surface area contributed by atoms with Crippen molar-refractivity contribution >= 4 is 23.4 Å². The van der Waals surface area contributed by atoms with E-state index in [9.17, 15) is 9.59 Å². The second kappa shape index (κ2) is 7.54. The summed E-state index contributed by atoms with van der Waals surface area (Å²) >= 11 is 1.33. The third-order valence-electron chi connectivity index (χ3n) is 5.03. The van der Waals surface area contributed by atoms with Crippen LogP contribution in [0.4, 0.5) is 0 Å². The maximum absolute atomic E-state index is 12.6. The molecule has 132 valence electrons. The number of methoxy groups -OCH3 is 1. The van der Waals surface area contributed by atoms with Gasteiger partial charge in [-0.25, -0.2) is 0 Å². The second-order valence-corrected chi connectivity index (χ2v) is 6.96. The van der Waals surface area contributed by atoms with Crippen molar-refractivity contribution in [1.29, 1.82) is 0 Å². The van der Waals surface area contributed by atoms with Gasteiger partial charge in [0.05, 0.1) is 12.8 Å². The summed E-state index contributed by atoms with van der Waals surface area (Å²) in [6, 6.07) is 0.116. The van der Waals surface area contributed by atoms with E-state index in [0.29, 0.717) is 25.9 Å². The summed E-state index contributed by atoms with van der Waals surface area (Å²) < 4.78 is 8.62. The Morgan fingerprint density at radius 2 is 2.38 bits per heavy atom. The van der Waals surface area contributed by atoms with E-state index in [2.05, 4.69) is 24.7 Å². The minimum Gasteiger partial charge on any atom is -0.469 e. The molecule has 2 aliphatic rings. The fourth-order valence-electron chi connectivity index (χ4n) is 3.67. The number of fused-ring (bicyclic) bond motifs is 1. The van der Waals surface area contributed by atoms with Crippen LogP contribution in [-0.4, -0.2) is 76.6 Å². The van der Waals surface area contributed by atoms with Gasteiger partial charge in [0.2, 0.25) is 5.91 Å². The highest BCUT2D eigenvalue weighted by Gasteiger charge is 2.45. The van der Waals surface area contributed by atoms with Crippen LogP contribution in [0.15, 0.2) is 5.38 Å². The lowest BCUT2D eigenvalue weighted by atomic mass is 10.0. The lowest BCUT2D eigenvalue weighted by Gasteiger charge is -2.32. The first-order valence-corrected chi connectivity index (χ1v) is 9.00. The Labute approximate surface area is 145 Å². The minimum absolute atomic E-state index is 0.0631. The number of esters is 1. The van der Waals surface area contributed by atoms with Gasteiger partial charge >= 0.3 is 5.97 Å². The van der Waals surface area contributed by atoms with Gasteiger partial charge in [0.1, 0.15) is 6.04 Å². The Kier molecular flexibility index (Phi) is 5.42. The van der Waals surface area contributed by atoms with Crippen molar-refractivity contribution in [3.8, 4) is 0 Å². The number of carbonyl (C=O) groups excluding carboxylic acids is 2. The minimum atomic E-state index is -0.209. The van der Waals surface area contributed by atoms with Gasteiger partial charge in [-0.3, -0.25) is 19.4 Å². The first-order valence-electron chi connectivity index (χ1n) is 8.16. The number of nitrogens with one attached hydrogen (secondary N) is 1. The summed E-state index contributed by atoms with van der Waals surface area (Å²) in [5.74, 6) is -0.146. The van der Waals surface area contributed by atoms with Crippen LogP contribution < -0.4 is 5.32 Å². The molecule has 1 aromatic rings. The van der Waals surface area contributed by atoms with Gasteiger partial charge in [0.25, 0.3) is 0 Å². The molecule has 0 aliphatic carbocycles. The molecule has 3 heterocycles. The van der Waals surface area contributed by atoms with E-state index in [1.54, 1.807) is 0 Å². The molecule has 0 saturated carbocycles. The average molecular weight is 353 g/mol. The molecular weight excluding hydrogens is 330 g/mol. The van der Waals surface area contributed by atoms with Gasteiger partial charge in [-0.1, -0.05) is 4.49 Å². The number of ether oxygens (including phenoxy) is 1. The molecule has 3 atom stereocenters. The van der Waals surface area contributed by atoms with E-state index < -0.39 is 0 Å². The normalized spacial score (nSPS) is 28.2. The molecule has 0 radical (unpaired) electrons. The van der Waals surface area contributed by atoms with Crippen molar-refractivity contribution in [3.05, 3.63) is 11.1 Å². The number of hydrogen-bond acceptors (Lipinski definition) is 8. The molecule has 2 aliphatic heterocycles. The lowest BCUT2D eigenvalue weighted by molar-refractivity contribution is -0.141. The summed E-state index contributed by atoms with van der Waals surface area (Å²) in [5, 5.41) is 9.05. The first kappa shape index (κ1) is 17.2. The number of hydrogen-bond donors (Lipinski definition) is 1. The van der Waals surface area contributed by atoms with Crippen LogP contribution in [0, 0.1) is 0 Å². The Bertz CT molecular complexity index is 582. The molecule has 24 heavy (non-hydrogen) atoms. The number of likely N-dealkylation sites (N-methyl/N-ethyl adjacent to an activating group) is 1. The van der Waals surface area contributed by atoms with Crippen molar-refractivity contribution in [2.45, 2.75) is 43.9 Å². The maximum atomic E-state index is 12.6. The first-order chi connectivity index (χ1) is 11.6. The number of likely N-dealkylation sites (tertiary alicyclic amines) is 1. The number of carbonyl (C=O) groups is 2. The smallest absolute Gasteiger partial charge is 0.305 e. The van der Waals surface area contributed by atoms with Crippen LogP contribution >= 0.6 is 11.5 Å². The van der Waals surface area contributed by atoms with Gasteiger partial charge in [-0.15, -0.1) is 5.10 Å². The summed E-state index contributed by atoms with van der Waals surface area (Å²) in [4.78, 5) is 28.5. The van der Waals surface area contributed by atoms with Crippen molar-refractivity contribution in [1.82, 2.24) is 24.7 Å². The third kappa shape index (κ3) is 3.57. The quantitative estimate of drug-likeness (QED) is 0.738. The van der Waals surface area contributed by atoms with Crippen LogP contribution in [0.5, 0.6) is 0 Å². The summed E-state index contributed by atoms with van der Waals surface area (Å²) in [5.41, 5.74) is 0.905. The maximum Gasteiger partial charge on any atom is 0.305 e. The predicted molar refractivity (Wildman–Crippen MR) is 88.3 cm³/mol. The van der Waals surface area contributed by atoms with E-state index in [-0.39, 0.29) is 30.0 Å². The molecule has 2 fully saturated rings. The molecule has 1 aromatic heterocycles. The van der Waals surface area contributed by atoms with E-state index >= 15 is 0 Å². The van der Waals surface area contributed by atoms with Crippen molar-refractivity contribution in [2.24, 2.45) is 0 Å². The molecule has 1 amide bonds. The van der Waals surface area contributed by atoms with Crippen molar-refractivity contribution in [3.63, 3.8) is 0 Å². The highest BCUT2D eigenvalue weighted by Crippen LogP contribution is 2.28. The van der Waals surface area contributed by atoms with Gasteiger partial charge < -0.3 is 10.1 Å². The van der Waals surface area contributed by atoms with Crippen LogP contribution in [-0.2, 0) is 20.9 Å². The summed E-state index contributed by atoms with van der Waals surface area (Å²) in [6.07, 6.45) is 1.98. The average Bonchev–Trinajstić information content (AvgIpc) is 3.21. The monoisotopic (exact) mass is 353 g/mol. The number of aromatic nitrogens is 2. The highest BCUT2D eigenvalue weighted by atomic mass is 32.1. The summed E-state index contributed by atoms with van der Waals surface area (Å²) in [7, 11) is 3.45. The van der Waals surface area contributed by atoms with Gasteiger partial charge in [0, 0.05) is 43.5 Å². The van der Waals surface area contributed by atoms with Gasteiger partial charge in [-0.05, 0) is 31.4 Å². The Hall–Kier alpha value is -1.58. The van der Waals surface area contributed by atoms with Crippen molar-refractivity contribution < 1.29 is 14.3 Å². The largest absolute Gasteiger partial charge is 0.469 e. The number of nitrogens with zero attached hydrogens (tertiary/aromatic N) is 4. The molecule has 0 unspecified atom stereocenters. The zero-order valence-electron chi connectivity index (χ0n) is 14.0. The molecule has 2 saturated heterocycles. The van der Waals surface area contributed by atoms with E-state index in [0.717, 1.165) is 18.7 Å². The van der Waals surface area contributed by atoms with Crippen LogP contribution in [0.25, 0.3) is 0 Å². The van der Waals surface area contributed by atoms with Crippen molar-refractivity contribution in [2.75, 3.05) is 27.2 Å². The molecule has 3 rings (SSSR count). The highest BCUT2D eigenvalue weighted by molar-refractivity contribution is 7.03. The molecule has 8 nitrogen and oxygen atoms in total. The van der Waals surface area contributed by atoms with E-state index in [1.807, 2.05) is 12.4 Å². The zero-order chi connectivity index (χ0) is 17.1. The van der Waals surface area contributed by atoms with Gasteiger partial charge in [-0.2, -0.15) is 0 Å². The molecule has 0 spiro atoms. The Morgan fingerprint density at radius 1 is 1.54 bits per heavy atom. The van der Waals surface area contributed by atoms with Crippen LogP contribution in [0.2, 0.25) is 0 Å². The van der Waals surface area contributed by atoms with Gasteiger partial charge in [0.15, 0.2) is 0 Å². The lowest BCUT2D eigenvalue weighted by Crippen LogP contribution is -2.49. The number of amides is 1. The number of rotatable bonds is 5. The predicted octanol–water partition coefficient (Wildman–Crippen LogP) is -0.136. The fraction of sp³-hybridized carbons (Fsp3) is 0.733. The molecule has 1 N–H and O–H groups in total. The second-order valence-electron chi connectivity index (χ2n) is 6.35. The van der Waals surface area contributed by atoms with E-state index in [4.69, 9.17) is 4.74 Å². The molecule has 9 heteroatoms. The topological polar surface area (TPSA) is 87.7 Å². The molecule has 0 bridgehead atoms. The van der Waals surface area contributed by atoms with Crippen LogP contribution in [0.3, 0.4) is 0 Å². The standard InChI is InChI=1S/C15H23N5O3S/c1-19-11(3-4-13(21)23-2)7-16-15(22)14-12(19)5-6-20(14)8-10-9-24-18-17-10/h9,11-12,14H,3-8H2,1-2H3,(H,16,22)/t11-,12-,14-/m0/s1. The summed E-state index contributed by atoms with van der Waals surface area (Å²) in [6.45, 7) is 2.06. The SMILES string of the molecule is COC(=O)CC[C@H]1CNC(=O)[C@@H]2[C@H](CCN2Cc2csnn2)N1C. The fourth-order valence-corrected chi connectivity index (χ4v) is 4.12. The Morgan fingerprint density at radius 3 is 3.08 bits per heavy atom. The molecular formula is C15H23N5O3S. The zero-order valence-corrected chi connectivity index (χ0v) is 14.8. The van der Waals surface area contributed by atoms with Crippen LogP contribution in [0.1, 0.15) is 25.0 Å². The third-order valence-corrected chi connectivity index (χ3v) is 5.58. The van der Waals surface area contributed by atoms with E-state index in [1.165, 1.54) is 18.6 Å². The molecule has 0 aromatic carbocycles.